The van der Waals surface area contributed by atoms with E-state index in [1.807, 2.05) is 54.3 Å². The molecule has 2 aromatic heterocycles. The summed E-state index contributed by atoms with van der Waals surface area (Å²) >= 11 is 0. The highest BCUT2D eigenvalue weighted by atomic mass is 16.2. The third-order valence-corrected chi connectivity index (χ3v) is 4.44. The summed E-state index contributed by atoms with van der Waals surface area (Å²) in [6.07, 6.45) is 5.38. The molecule has 0 aliphatic heterocycles. The smallest absolute Gasteiger partial charge is 0.254 e. The first kappa shape index (κ1) is 15.4. The summed E-state index contributed by atoms with van der Waals surface area (Å²) in [7, 11) is 0. The highest BCUT2D eigenvalue weighted by Gasteiger charge is 2.37. The Morgan fingerprint density at radius 2 is 2.00 bits per heavy atom. The predicted octanol–water partition coefficient (Wildman–Crippen LogP) is 2.42. The van der Waals surface area contributed by atoms with Crippen LogP contribution in [0.4, 0.5) is 0 Å². The lowest BCUT2D eigenvalue weighted by molar-refractivity contribution is 0.0670. The number of tetrazole rings is 1. The molecule has 1 aromatic carbocycles. The number of hydrogen-bond acceptors (Lipinski definition) is 5. The normalized spacial score (nSPS) is 14.9. The van der Waals surface area contributed by atoms with Crippen molar-refractivity contribution in [2.24, 2.45) is 0 Å². The van der Waals surface area contributed by atoms with Crippen LogP contribution in [0.15, 0.2) is 55.0 Å². The molecule has 0 radical (unpaired) electrons. The quantitative estimate of drug-likeness (QED) is 0.716. The van der Waals surface area contributed by atoms with Crippen molar-refractivity contribution in [3.8, 4) is 5.69 Å². The summed E-state index contributed by atoms with van der Waals surface area (Å²) in [4.78, 5) is 19.5. The number of rotatable bonds is 5. The Hall–Kier alpha value is -3.09. The molecule has 0 N–H and O–H groups in total. The lowest BCUT2D eigenvalue weighted by Gasteiger charge is -2.29. The van der Waals surface area contributed by atoms with E-state index in [1.54, 1.807) is 10.9 Å². The molecule has 7 heteroatoms. The number of hydrogen-bond donors (Lipinski definition) is 0. The number of benzene rings is 1. The molecule has 0 unspecified atom stereocenters. The molecular formula is C18H18N6O. The number of amides is 1. The van der Waals surface area contributed by atoms with Crippen LogP contribution in [-0.4, -0.2) is 42.0 Å². The van der Waals surface area contributed by atoms with Crippen molar-refractivity contribution in [1.82, 2.24) is 30.1 Å². The predicted molar refractivity (Wildman–Crippen MR) is 91.0 cm³/mol. The van der Waals surface area contributed by atoms with Crippen molar-refractivity contribution in [3.05, 3.63) is 66.2 Å². The molecule has 1 atom stereocenters. The zero-order valence-corrected chi connectivity index (χ0v) is 13.9. The molecule has 3 aromatic rings. The summed E-state index contributed by atoms with van der Waals surface area (Å²) in [5.74, 6) is 0.0314. The van der Waals surface area contributed by atoms with Crippen molar-refractivity contribution in [1.29, 1.82) is 0 Å². The molecule has 1 saturated carbocycles. The fourth-order valence-electron chi connectivity index (χ4n) is 2.96. The van der Waals surface area contributed by atoms with Gasteiger partial charge in [-0.1, -0.05) is 6.07 Å². The van der Waals surface area contributed by atoms with E-state index in [4.69, 9.17) is 0 Å². The molecule has 0 spiro atoms. The van der Waals surface area contributed by atoms with Crippen molar-refractivity contribution in [2.75, 3.05) is 0 Å². The molecule has 0 saturated heterocycles. The monoisotopic (exact) mass is 334 g/mol. The summed E-state index contributed by atoms with van der Waals surface area (Å²) in [5.41, 5.74) is 2.39. The average Bonchev–Trinajstić information content (AvgIpc) is 3.34. The topological polar surface area (TPSA) is 76.8 Å². The van der Waals surface area contributed by atoms with E-state index in [1.165, 1.54) is 6.33 Å². The Labute approximate surface area is 145 Å². The fraction of sp³-hybridized carbons (Fsp3) is 0.278. The third-order valence-electron chi connectivity index (χ3n) is 4.44. The first-order chi connectivity index (χ1) is 12.2. The van der Waals surface area contributed by atoms with E-state index >= 15 is 0 Å². The maximum atomic E-state index is 13.1. The van der Waals surface area contributed by atoms with E-state index < -0.39 is 0 Å². The van der Waals surface area contributed by atoms with Gasteiger partial charge in [-0.05, 0) is 66.6 Å². The number of aromatic nitrogens is 5. The number of nitrogens with zero attached hydrogens (tertiary/aromatic N) is 6. The van der Waals surface area contributed by atoms with E-state index in [-0.39, 0.29) is 11.9 Å². The molecule has 1 aliphatic carbocycles. The Morgan fingerprint density at radius 1 is 1.20 bits per heavy atom. The van der Waals surface area contributed by atoms with Crippen LogP contribution in [0.25, 0.3) is 5.69 Å². The largest absolute Gasteiger partial charge is 0.327 e. The minimum absolute atomic E-state index is 0.0314. The van der Waals surface area contributed by atoms with Gasteiger partial charge < -0.3 is 4.90 Å². The first-order valence-electron chi connectivity index (χ1n) is 8.31. The van der Waals surface area contributed by atoms with Gasteiger partial charge in [0.2, 0.25) is 0 Å². The van der Waals surface area contributed by atoms with Gasteiger partial charge in [0.05, 0.1) is 17.4 Å². The molecule has 1 amide bonds. The fourth-order valence-corrected chi connectivity index (χ4v) is 2.96. The molecule has 1 fully saturated rings. The maximum absolute atomic E-state index is 13.1. The number of pyridine rings is 1. The van der Waals surface area contributed by atoms with Gasteiger partial charge in [0.15, 0.2) is 0 Å². The van der Waals surface area contributed by atoms with Crippen LogP contribution in [0.5, 0.6) is 0 Å². The SMILES string of the molecule is C[C@@H](c1ccccn1)N(C(=O)c1ccc(-n2cnnn2)cc1)C1CC1. The zero-order chi connectivity index (χ0) is 17.2. The molecule has 0 bridgehead atoms. The van der Waals surface area contributed by atoms with Crippen LogP contribution in [0.1, 0.15) is 41.9 Å². The van der Waals surface area contributed by atoms with Crippen molar-refractivity contribution >= 4 is 5.91 Å². The molecule has 1 aliphatic rings. The van der Waals surface area contributed by atoms with Gasteiger partial charge in [-0.15, -0.1) is 5.10 Å². The molecule has 25 heavy (non-hydrogen) atoms. The Balaban J connectivity index is 1.59. The molecule has 4 rings (SSSR count). The van der Waals surface area contributed by atoms with Crippen LogP contribution in [0.2, 0.25) is 0 Å². The summed E-state index contributed by atoms with van der Waals surface area (Å²) < 4.78 is 1.56. The van der Waals surface area contributed by atoms with E-state index in [0.717, 1.165) is 24.2 Å². The van der Waals surface area contributed by atoms with Gasteiger partial charge in [0, 0.05) is 17.8 Å². The van der Waals surface area contributed by atoms with Crippen molar-refractivity contribution in [3.63, 3.8) is 0 Å². The molecule has 2 heterocycles. The van der Waals surface area contributed by atoms with E-state index in [9.17, 15) is 4.79 Å². The van der Waals surface area contributed by atoms with Crippen molar-refractivity contribution < 1.29 is 4.79 Å². The van der Waals surface area contributed by atoms with Gasteiger partial charge in [0.1, 0.15) is 6.33 Å². The van der Waals surface area contributed by atoms with E-state index in [0.29, 0.717) is 11.6 Å². The number of carbonyl (C=O) groups is 1. The molecule has 126 valence electrons. The van der Waals surface area contributed by atoms with Gasteiger partial charge in [-0.2, -0.15) is 0 Å². The molecular weight excluding hydrogens is 316 g/mol. The Kier molecular flexibility index (Phi) is 3.97. The lowest BCUT2D eigenvalue weighted by atomic mass is 10.1. The first-order valence-corrected chi connectivity index (χ1v) is 8.31. The summed E-state index contributed by atoms with van der Waals surface area (Å²) in [6, 6.07) is 13.4. The highest BCUT2D eigenvalue weighted by Crippen LogP contribution is 2.35. The maximum Gasteiger partial charge on any atom is 0.254 e. The Morgan fingerprint density at radius 3 is 2.60 bits per heavy atom. The van der Waals surface area contributed by atoms with Crippen LogP contribution >= 0.6 is 0 Å². The second kappa shape index (κ2) is 6.43. The summed E-state index contributed by atoms with van der Waals surface area (Å²) in [5, 5.41) is 11.1. The lowest BCUT2D eigenvalue weighted by Crippen LogP contribution is -2.35. The van der Waals surface area contributed by atoms with Gasteiger partial charge in [-0.3, -0.25) is 9.78 Å². The van der Waals surface area contributed by atoms with Crippen molar-refractivity contribution in [2.45, 2.75) is 31.8 Å². The van der Waals surface area contributed by atoms with Gasteiger partial charge in [0.25, 0.3) is 5.91 Å². The third kappa shape index (κ3) is 3.13. The van der Waals surface area contributed by atoms with Crippen LogP contribution in [0.3, 0.4) is 0 Å². The van der Waals surface area contributed by atoms with E-state index in [2.05, 4.69) is 20.5 Å². The standard InChI is InChI=1S/C18H18N6O/c1-13(17-4-2-3-11-19-17)24(16-9-10-16)18(25)14-5-7-15(8-6-14)23-12-20-21-22-23/h2-8,11-13,16H,9-10H2,1H3/t13-/m0/s1. The highest BCUT2D eigenvalue weighted by molar-refractivity contribution is 5.95. The van der Waals surface area contributed by atoms with Crippen LogP contribution < -0.4 is 0 Å². The van der Waals surface area contributed by atoms with Gasteiger partial charge >= 0.3 is 0 Å². The second-order valence-electron chi connectivity index (χ2n) is 6.18. The van der Waals surface area contributed by atoms with Gasteiger partial charge in [-0.25, -0.2) is 4.68 Å². The minimum atomic E-state index is -0.0552. The van der Waals surface area contributed by atoms with Crippen LogP contribution in [-0.2, 0) is 0 Å². The van der Waals surface area contributed by atoms with Crippen LogP contribution in [0, 0.1) is 0 Å². The molecule has 7 nitrogen and oxygen atoms in total. The average molecular weight is 334 g/mol. The Bertz CT molecular complexity index is 843. The minimum Gasteiger partial charge on any atom is -0.327 e. The number of carbonyl (C=O) groups excluding carboxylic acids is 1. The second-order valence-corrected chi connectivity index (χ2v) is 6.18. The zero-order valence-electron chi connectivity index (χ0n) is 13.9. The summed E-state index contributed by atoms with van der Waals surface area (Å²) in [6.45, 7) is 2.04.